The number of pyridine rings is 1. The molecule has 1 amide bonds. The van der Waals surface area contributed by atoms with Crippen molar-refractivity contribution < 1.29 is 4.79 Å². The van der Waals surface area contributed by atoms with Gasteiger partial charge in [-0.1, -0.05) is 18.2 Å². The van der Waals surface area contributed by atoms with Gasteiger partial charge in [0.1, 0.15) is 0 Å². The predicted octanol–water partition coefficient (Wildman–Crippen LogP) is 0.989. The number of nitrogens with two attached hydrogens (primary N) is 1. The van der Waals surface area contributed by atoms with Crippen molar-refractivity contribution in [3.63, 3.8) is 0 Å². The van der Waals surface area contributed by atoms with Gasteiger partial charge in [0, 0.05) is 17.3 Å². The fraction of sp³-hybridized carbons (Fsp3) is 0.250. The van der Waals surface area contributed by atoms with Gasteiger partial charge >= 0.3 is 0 Å². The van der Waals surface area contributed by atoms with E-state index in [4.69, 9.17) is 5.84 Å². The van der Waals surface area contributed by atoms with Crippen molar-refractivity contribution in [1.29, 1.82) is 0 Å². The number of nitrogens with one attached hydrogen (secondary N) is 1. The number of fused-ring (bicyclic) bond motifs is 1. The maximum absolute atomic E-state index is 12.1. The molecular formula is C16H17N3O2. The zero-order chi connectivity index (χ0) is 14.8. The van der Waals surface area contributed by atoms with E-state index in [-0.39, 0.29) is 11.5 Å². The highest BCUT2D eigenvalue weighted by molar-refractivity contribution is 5.93. The molecule has 0 fully saturated rings. The second-order valence-electron chi connectivity index (χ2n) is 5.25. The van der Waals surface area contributed by atoms with Crippen LogP contribution in [0.2, 0.25) is 0 Å². The lowest BCUT2D eigenvalue weighted by Gasteiger charge is -2.12. The maximum atomic E-state index is 12.1. The lowest BCUT2D eigenvalue weighted by molar-refractivity contribution is 0.0953. The average molecular weight is 283 g/mol. The third kappa shape index (κ3) is 2.60. The van der Waals surface area contributed by atoms with Crippen LogP contribution in [-0.4, -0.2) is 10.5 Å². The number of nitrogens with zero attached hydrogens (tertiary/aromatic N) is 1. The highest BCUT2D eigenvalue weighted by atomic mass is 16.2. The van der Waals surface area contributed by atoms with E-state index in [0.29, 0.717) is 12.1 Å². The van der Waals surface area contributed by atoms with E-state index >= 15 is 0 Å². The largest absolute Gasteiger partial charge is 0.308 e. The van der Waals surface area contributed by atoms with E-state index in [1.165, 1.54) is 5.56 Å². The molecule has 0 atom stereocenters. The van der Waals surface area contributed by atoms with Crippen molar-refractivity contribution in [2.45, 2.75) is 25.8 Å². The number of carbonyl (C=O) groups is 1. The van der Waals surface area contributed by atoms with Crippen LogP contribution in [-0.2, 0) is 19.4 Å². The molecule has 1 aromatic carbocycles. The summed E-state index contributed by atoms with van der Waals surface area (Å²) >= 11 is 0. The van der Waals surface area contributed by atoms with Gasteiger partial charge in [0.25, 0.3) is 11.5 Å². The Bertz CT molecular complexity index is 732. The van der Waals surface area contributed by atoms with Gasteiger partial charge in [0.15, 0.2) is 0 Å². The molecule has 0 bridgehead atoms. The number of rotatable bonds is 3. The third-order valence-corrected chi connectivity index (χ3v) is 3.94. The van der Waals surface area contributed by atoms with Gasteiger partial charge in [0.05, 0.1) is 6.54 Å². The van der Waals surface area contributed by atoms with E-state index in [9.17, 15) is 9.59 Å². The quantitative estimate of drug-likeness (QED) is 0.501. The Hall–Kier alpha value is -2.40. The standard InChI is InChI=1S/C16H17N3O2/c17-18-16(21)13-6-4-11(5-7-13)10-19-14-3-1-2-12(14)8-9-15(19)20/h4-9H,1-3,10,17H2,(H,18,21). The number of hydrazine groups is 1. The van der Waals surface area contributed by atoms with Gasteiger partial charge in [-0.15, -0.1) is 0 Å². The SMILES string of the molecule is NNC(=O)c1ccc(Cn2c3c(ccc2=O)CCC3)cc1. The van der Waals surface area contributed by atoms with Crippen molar-refractivity contribution in [3.8, 4) is 0 Å². The predicted molar refractivity (Wildman–Crippen MR) is 79.9 cm³/mol. The summed E-state index contributed by atoms with van der Waals surface area (Å²) in [6.45, 7) is 0.534. The summed E-state index contributed by atoms with van der Waals surface area (Å²) in [6, 6.07) is 10.7. The molecule has 5 nitrogen and oxygen atoms in total. The summed E-state index contributed by atoms with van der Waals surface area (Å²) in [6.07, 6.45) is 3.11. The lowest BCUT2D eigenvalue weighted by Crippen LogP contribution is -2.30. The molecule has 0 saturated carbocycles. The Morgan fingerprint density at radius 2 is 1.90 bits per heavy atom. The molecule has 0 aliphatic heterocycles. The van der Waals surface area contributed by atoms with Gasteiger partial charge in [-0.05, 0) is 42.5 Å². The summed E-state index contributed by atoms with van der Waals surface area (Å²) < 4.78 is 1.83. The number of hydrogen-bond donors (Lipinski definition) is 2. The molecule has 108 valence electrons. The summed E-state index contributed by atoms with van der Waals surface area (Å²) in [7, 11) is 0. The first-order chi connectivity index (χ1) is 10.2. The monoisotopic (exact) mass is 283 g/mol. The Balaban J connectivity index is 1.89. The third-order valence-electron chi connectivity index (χ3n) is 3.94. The highest BCUT2D eigenvalue weighted by Crippen LogP contribution is 2.20. The van der Waals surface area contributed by atoms with E-state index in [0.717, 1.165) is 30.5 Å². The van der Waals surface area contributed by atoms with Gasteiger partial charge in [-0.2, -0.15) is 0 Å². The molecule has 0 saturated heterocycles. The fourth-order valence-electron chi connectivity index (χ4n) is 2.83. The summed E-state index contributed by atoms with van der Waals surface area (Å²) in [5.74, 6) is 4.78. The molecule has 5 heteroatoms. The summed E-state index contributed by atoms with van der Waals surface area (Å²) in [5, 5.41) is 0. The Morgan fingerprint density at radius 1 is 1.14 bits per heavy atom. The van der Waals surface area contributed by atoms with E-state index in [1.54, 1.807) is 18.2 Å². The first-order valence-electron chi connectivity index (χ1n) is 7.00. The second kappa shape index (κ2) is 5.54. The van der Waals surface area contributed by atoms with Crippen LogP contribution >= 0.6 is 0 Å². The number of carbonyl (C=O) groups excluding carboxylic acids is 1. The number of aromatic nitrogens is 1. The van der Waals surface area contributed by atoms with Crippen LogP contribution in [0.5, 0.6) is 0 Å². The maximum Gasteiger partial charge on any atom is 0.265 e. The zero-order valence-electron chi connectivity index (χ0n) is 11.6. The number of aryl methyl sites for hydroxylation is 1. The van der Waals surface area contributed by atoms with Crippen molar-refractivity contribution in [1.82, 2.24) is 9.99 Å². The van der Waals surface area contributed by atoms with Crippen LogP contribution in [0.1, 0.15) is 33.6 Å². The second-order valence-corrected chi connectivity index (χ2v) is 5.25. The lowest BCUT2D eigenvalue weighted by atomic mass is 10.1. The normalized spacial score (nSPS) is 13.0. The minimum absolute atomic E-state index is 0.0272. The topological polar surface area (TPSA) is 77.1 Å². The summed E-state index contributed by atoms with van der Waals surface area (Å²) in [4.78, 5) is 23.5. The van der Waals surface area contributed by atoms with Crippen LogP contribution in [0, 0.1) is 0 Å². The Kier molecular flexibility index (Phi) is 3.58. The van der Waals surface area contributed by atoms with Crippen molar-refractivity contribution in [2.75, 3.05) is 0 Å². The van der Waals surface area contributed by atoms with E-state index in [2.05, 4.69) is 5.43 Å². The van der Waals surface area contributed by atoms with Crippen molar-refractivity contribution in [3.05, 3.63) is 69.1 Å². The molecule has 21 heavy (non-hydrogen) atoms. The van der Waals surface area contributed by atoms with Gasteiger partial charge < -0.3 is 4.57 Å². The zero-order valence-corrected chi connectivity index (χ0v) is 11.6. The first-order valence-corrected chi connectivity index (χ1v) is 7.00. The van der Waals surface area contributed by atoms with Crippen LogP contribution in [0.4, 0.5) is 0 Å². The van der Waals surface area contributed by atoms with Gasteiger partial charge in [-0.25, -0.2) is 5.84 Å². The molecule has 1 aliphatic rings. The minimum Gasteiger partial charge on any atom is -0.308 e. The number of amides is 1. The number of benzene rings is 1. The van der Waals surface area contributed by atoms with Crippen LogP contribution in [0.25, 0.3) is 0 Å². The highest BCUT2D eigenvalue weighted by Gasteiger charge is 2.15. The first kappa shape index (κ1) is 13.6. The van der Waals surface area contributed by atoms with Gasteiger partial charge in [0.2, 0.25) is 0 Å². The van der Waals surface area contributed by atoms with E-state index < -0.39 is 0 Å². The fourth-order valence-corrected chi connectivity index (χ4v) is 2.83. The molecule has 2 aromatic rings. The molecule has 1 aliphatic carbocycles. The molecule has 1 aromatic heterocycles. The van der Waals surface area contributed by atoms with E-state index in [1.807, 2.05) is 22.8 Å². The van der Waals surface area contributed by atoms with Crippen LogP contribution in [0.3, 0.4) is 0 Å². The molecular weight excluding hydrogens is 266 g/mol. The molecule has 3 rings (SSSR count). The van der Waals surface area contributed by atoms with Crippen LogP contribution < -0.4 is 16.8 Å². The van der Waals surface area contributed by atoms with Crippen LogP contribution in [0.15, 0.2) is 41.2 Å². The van der Waals surface area contributed by atoms with Crippen molar-refractivity contribution in [2.24, 2.45) is 5.84 Å². The average Bonchev–Trinajstić information content (AvgIpc) is 2.99. The summed E-state index contributed by atoms with van der Waals surface area (Å²) in [5.41, 5.74) is 6.04. The molecule has 0 radical (unpaired) electrons. The Labute approximate surface area is 122 Å². The van der Waals surface area contributed by atoms with Gasteiger partial charge in [-0.3, -0.25) is 15.0 Å². The molecule has 3 N–H and O–H groups in total. The van der Waals surface area contributed by atoms with Crippen molar-refractivity contribution >= 4 is 5.91 Å². The molecule has 0 spiro atoms. The Morgan fingerprint density at radius 3 is 2.62 bits per heavy atom. The molecule has 1 heterocycles. The minimum atomic E-state index is -0.320. The number of hydrogen-bond acceptors (Lipinski definition) is 3. The smallest absolute Gasteiger partial charge is 0.265 e. The molecule has 0 unspecified atom stereocenters. The number of nitrogen functional groups attached to an aromatic ring is 1.